The van der Waals surface area contributed by atoms with Gasteiger partial charge in [-0.25, -0.2) is 4.98 Å². The summed E-state index contributed by atoms with van der Waals surface area (Å²) in [6.07, 6.45) is 8.40. The molecular weight excluding hydrogens is 332 g/mol. The van der Waals surface area contributed by atoms with Crippen LogP contribution in [0.3, 0.4) is 0 Å². The fourth-order valence-corrected chi connectivity index (χ4v) is 4.01. The van der Waals surface area contributed by atoms with Gasteiger partial charge in [0.15, 0.2) is 5.96 Å². The lowest BCUT2D eigenvalue weighted by Crippen LogP contribution is -2.40. The largest absolute Gasteiger partial charge is 0.385 e. The van der Waals surface area contributed by atoms with Gasteiger partial charge in [-0.2, -0.15) is 0 Å². The van der Waals surface area contributed by atoms with E-state index in [4.69, 9.17) is 9.73 Å². The first-order valence-corrected chi connectivity index (χ1v) is 10.5. The Labute approximate surface area is 156 Å². The van der Waals surface area contributed by atoms with Gasteiger partial charge in [-0.15, -0.1) is 11.3 Å². The summed E-state index contributed by atoms with van der Waals surface area (Å²) in [5, 5.41) is 10.2. The van der Waals surface area contributed by atoms with E-state index in [-0.39, 0.29) is 0 Å². The average Bonchev–Trinajstić information content (AvgIpc) is 2.98. The minimum Gasteiger partial charge on any atom is -0.385 e. The van der Waals surface area contributed by atoms with Crippen LogP contribution in [0.4, 0.5) is 0 Å². The number of guanidine groups is 1. The van der Waals surface area contributed by atoms with Crippen molar-refractivity contribution < 1.29 is 4.74 Å². The standard InChI is InChI=1S/C19H34N4OS/c1-4-20-18(22-15-19(9-7-10-19)11-13-24-3)21-12-6-5-8-17-23-16(2)14-25-17/h14H,4-13,15H2,1-3H3,(H2,20,21,22). The lowest BCUT2D eigenvalue weighted by molar-refractivity contribution is 0.0778. The van der Waals surface area contributed by atoms with Gasteiger partial charge in [0.05, 0.1) is 5.01 Å². The van der Waals surface area contributed by atoms with Gasteiger partial charge >= 0.3 is 0 Å². The van der Waals surface area contributed by atoms with Crippen molar-refractivity contribution in [2.75, 3.05) is 33.4 Å². The lowest BCUT2D eigenvalue weighted by atomic mass is 9.67. The molecule has 1 aromatic rings. The number of hydrogen-bond acceptors (Lipinski definition) is 4. The highest BCUT2D eigenvalue weighted by molar-refractivity contribution is 7.09. The predicted octanol–water partition coefficient (Wildman–Crippen LogP) is 3.54. The van der Waals surface area contributed by atoms with E-state index in [1.165, 1.54) is 24.3 Å². The molecule has 1 fully saturated rings. The Balaban J connectivity index is 1.69. The van der Waals surface area contributed by atoms with Crippen LogP contribution in [0.2, 0.25) is 0 Å². The third-order valence-electron chi connectivity index (χ3n) is 4.94. The van der Waals surface area contributed by atoms with Gasteiger partial charge in [0, 0.05) is 44.4 Å². The Morgan fingerprint density at radius 2 is 2.20 bits per heavy atom. The molecule has 1 aromatic heterocycles. The summed E-state index contributed by atoms with van der Waals surface area (Å²) in [5.41, 5.74) is 1.51. The highest BCUT2D eigenvalue weighted by atomic mass is 32.1. The van der Waals surface area contributed by atoms with Gasteiger partial charge in [-0.3, -0.25) is 4.99 Å². The Bertz CT molecular complexity index is 525. The molecule has 0 radical (unpaired) electrons. The van der Waals surface area contributed by atoms with Gasteiger partial charge in [0.25, 0.3) is 0 Å². The quantitative estimate of drug-likeness (QED) is 0.357. The van der Waals surface area contributed by atoms with Crippen molar-refractivity contribution in [1.29, 1.82) is 0 Å². The number of ether oxygens (including phenoxy) is 1. The van der Waals surface area contributed by atoms with Crippen LogP contribution < -0.4 is 10.6 Å². The molecule has 2 rings (SSSR count). The van der Waals surface area contributed by atoms with Crippen LogP contribution in [0.1, 0.15) is 56.2 Å². The van der Waals surface area contributed by atoms with Crippen molar-refractivity contribution in [3.05, 3.63) is 16.1 Å². The number of nitrogens with zero attached hydrogens (tertiary/aromatic N) is 2. The summed E-state index contributed by atoms with van der Waals surface area (Å²) in [7, 11) is 1.79. The molecule has 0 saturated heterocycles. The number of nitrogens with one attached hydrogen (secondary N) is 2. The Morgan fingerprint density at radius 3 is 2.80 bits per heavy atom. The second kappa shape index (κ2) is 10.8. The number of aromatic nitrogens is 1. The number of thiazole rings is 1. The summed E-state index contributed by atoms with van der Waals surface area (Å²) in [6, 6.07) is 0. The molecule has 0 bridgehead atoms. The van der Waals surface area contributed by atoms with Crippen LogP contribution in [0.5, 0.6) is 0 Å². The summed E-state index contributed by atoms with van der Waals surface area (Å²) in [5.74, 6) is 0.955. The molecule has 2 N–H and O–H groups in total. The van der Waals surface area contributed by atoms with Crippen molar-refractivity contribution in [3.8, 4) is 0 Å². The normalized spacial score (nSPS) is 16.5. The number of hydrogen-bond donors (Lipinski definition) is 2. The lowest BCUT2D eigenvalue weighted by Gasteiger charge is -2.40. The second-order valence-corrected chi connectivity index (χ2v) is 8.00. The molecule has 0 spiro atoms. The number of rotatable bonds is 11. The van der Waals surface area contributed by atoms with Crippen LogP contribution in [-0.4, -0.2) is 44.3 Å². The molecule has 1 heterocycles. The van der Waals surface area contributed by atoms with E-state index in [1.54, 1.807) is 18.4 Å². The van der Waals surface area contributed by atoms with Gasteiger partial charge in [-0.1, -0.05) is 6.42 Å². The average molecular weight is 367 g/mol. The maximum absolute atomic E-state index is 5.27. The fourth-order valence-electron chi connectivity index (χ4n) is 3.20. The van der Waals surface area contributed by atoms with Crippen LogP contribution in [0.15, 0.2) is 10.4 Å². The van der Waals surface area contributed by atoms with Crippen LogP contribution in [0.25, 0.3) is 0 Å². The third-order valence-corrected chi connectivity index (χ3v) is 5.97. The molecule has 142 valence electrons. The van der Waals surface area contributed by atoms with E-state index in [9.17, 15) is 0 Å². The number of unbranched alkanes of at least 4 members (excludes halogenated alkanes) is 1. The van der Waals surface area contributed by atoms with Crippen molar-refractivity contribution in [1.82, 2.24) is 15.6 Å². The fraction of sp³-hybridized carbons (Fsp3) is 0.789. The topological polar surface area (TPSA) is 58.5 Å². The SMILES string of the molecule is CCNC(=NCC1(CCOC)CCC1)NCCCCc1nc(C)cs1. The van der Waals surface area contributed by atoms with E-state index in [0.717, 1.165) is 63.6 Å². The molecule has 0 aliphatic heterocycles. The van der Waals surface area contributed by atoms with Gasteiger partial charge < -0.3 is 15.4 Å². The van der Waals surface area contributed by atoms with Gasteiger partial charge in [-0.05, 0) is 57.8 Å². The first-order valence-electron chi connectivity index (χ1n) is 9.59. The van der Waals surface area contributed by atoms with E-state index in [1.807, 2.05) is 0 Å². The van der Waals surface area contributed by atoms with Crippen molar-refractivity contribution in [3.63, 3.8) is 0 Å². The number of methoxy groups -OCH3 is 1. The molecular formula is C19H34N4OS. The molecule has 25 heavy (non-hydrogen) atoms. The van der Waals surface area contributed by atoms with Crippen LogP contribution in [-0.2, 0) is 11.2 Å². The third kappa shape index (κ3) is 6.94. The monoisotopic (exact) mass is 366 g/mol. The number of aryl methyl sites for hydroxylation is 2. The summed E-state index contributed by atoms with van der Waals surface area (Å²) in [6.45, 7) is 7.78. The van der Waals surface area contributed by atoms with Crippen molar-refractivity contribution in [2.24, 2.45) is 10.4 Å². The van der Waals surface area contributed by atoms with Gasteiger partial charge in [0.1, 0.15) is 0 Å². The smallest absolute Gasteiger partial charge is 0.191 e. The molecule has 0 unspecified atom stereocenters. The van der Waals surface area contributed by atoms with E-state index < -0.39 is 0 Å². The van der Waals surface area contributed by atoms with E-state index >= 15 is 0 Å². The van der Waals surface area contributed by atoms with E-state index in [0.29, 0.717) is 5.41 Å². The molecule has 0 aromatic carbocycles. The highest BCUT2D eigenvalue weighted by Crippen LogP contribution is 2.44. The zero-order valence-corrected chi connectivity index (χ0v) is 16.9. The molecule has 5 nitrogen and oxygen atoms in total. The van der Waals surface area contributed by atoms with Crippen molar-refractivity contribution in [2.45, 2.75) is 58.8 Å². The number of aliphatic imine (C=N–C) groups is 1. The molecule has 1 aliphatic carbocycles. The maximum Gasteiger partial charge on any atom is 0.191 e. The summed E-state index contributed by atoms with van der Waals surface area (Å²) < 4.78 is 5.27. The van der Waals surface area contributed by atoms with Gasteiger partial charge in [0.2, 0.25) is 0 Å². The Morgan fingerprint density at radius 1 is 1.36 bits per heavy atom. The summed E-state index contributed by atoms with van der Waals surface area (Å²) in [4.78, 5) is 9.37. The Kier molecular flexibility index (Phi) is 8.68. The first-order chi connectivity index (χ1) is 12.2. The minimum atomic E-state index is 0.376. The zero-order valence-electron chi connectivity index (χ0n) is 16.1. The molecule has 0 atom stereocenters. The van der Waals surface area contributed by atoms with Crippen LogP contribution >= 0.6 is 11.3 Å². The molecule has 1 aliphatic rings. The summed E-state index contributed by atoms with van der Waals surface area (Å²) >= 11 is 1.77. The molecule has 6 heteroatoms. The molecule has 0 amide bonds. The second-order valence-electron chi connectivity index (χ2n) is 7.06. The molecule has 1 saturated carbocycles. The maximum atomic E-state index is 5.27. The minimum absolute atomic E-state index is 0.376. The van der Waals surface area contributed by atoms with Crippen LogP contribution in [0, 0.1) is 12.3 Å². The van der Waals surface area contributed by atoms with Crippen molar-refractivity contribution >= 4 is 17.3 Å². The zero-order chi connectivity index (χ0) is 18.0. The highest BCUT2D eigenvalue weighted by Gasteiger charge is 2.36. The van der Waals surface area contributed by atoms with E-state index in [2.05, 4.69) is 34.8 Å². The first kappa shape index (κ1) is 20.2. The Hall–Kier alpha value is -1.14. The predicted molar refractivity (Wildman–Crippen MR) is 107 cm³/mol.